The Balaban J connectivity index is 1.47. The molecule has 1 N–H and O–H groups in total. The van der Waals surface area contributed by atoms with E-state index < -0.39 is 0 Å². The van der Waals surface area contributed by atoms with Gasteiger partial charge in [-0.3, -0.25) is 4.79 Å². The van der Waals surface area contributed by atoms with Crippen molar-refractivity contribution in [1.29, 1.82) is 0 Å². The number of hydrogen-bond donors (Lipinski definition) is 1. The van der Waals surface area contributed by atoms with Gasteiger partial charge in [0.05, 0.1) is 0 Å². The number of H-pyrrole nitrogens is 1. The molecule has 1 aliphatic carbocycles. The Hall–Kier alpha value is -2.75. The van der Waals surface area contributed by atoms with Crippen LogP contribution in [0.25, 0.3) is 10.9 Å². The Morgan fingerprint density at radius 2 is 1.85 bits per heavy atom. The molecule has 0 radical (unpaired) electrons. The molecule has 1 saturated carbocycles. The van der Waals surface area contributed by atoms with Crippen LogP contribution in [0.2, 0.25) is 0 Å². The summed E-state index contributed by atoms with van der Waals surface area (Å²) in [6.45, 7) is 0.531. The summed E-state index contributed by atoms with van der Waals surface area (Å²) in [5.41, 5.74) is 2.72. The molecule has 0 saturated heterocycles. The standard InChI is InChI=1S/C23H26N2O2/c1-25(19-10-6-3-7-11-19)23(26)22-14-18-12-13-20(15-21(18)24-22)27-16-17-8-4-2-5-9-17/h2,4-5,8-9,12-15,19,24H,3,6-7,10-11,16H2,1H3. The lowest BCUT2D eigenvalue weighted by molar-refractivity contribution is 0.0691. The minimum Gasteiger partial charge on any atom is -0.489 e. The molecule has 1 heterocycles. The minimum absolute atomic E-state index is 0.0739. The molecule has 4 heteroatoms. The molecule has 4 rings (SSSR count). The van der Waals surface area contributed by atoms with E-state index in [-0.39, 0.29) is 5.91 Å². The second-order valence-corrected chi connectivity index (χ2v) is 7.41. The van der Waals surface area contributed by atoms with Crippen molar-refractivity contribution in [3.05, 3.63) is 65.9 Å². The summed E-state index contributed by atoms with van der Waals surface area (Å²) >= 11 is 0. The van der Waals surface area contributed by atoms with Crippen molar-refractivity contribution in [1.82, 2.24) is 9.88 Å². The number of carbonyl (C=O) groups is 1. The Morgan fingerprint density at radius 1 is 1.07 bits per heavy atom. The molecule has 0 atom stereocenters. The van der Waals surface area contributed by atoms with Crippen LogP contribution in [0, 0.1) is 0 Å². The topological polar surface area (TPSA) is 45.3 Å². The highest BCUT2D eigenvalue weighted by atomic mass is 16.5. The van der Waals surface area contributed by atoms with Crippen LogP contribution in [0.1, 0.15) is 48.2 Å². The van der Waals surface area contributed by atoms with Crippen LogP contribution >= 0.6 is 0 Å². The van der Waals surface area contributed by atoms with Gasteiger partial charge in [-0.2, -0.15) is 0 Å². The molecule has 140 valence electrons. The Morgan fingerprint density at radius 3 is 2.63 bits per heavy atom. The van der Waals surface area contributed by atoms with Gasteiger partial charge in [-0.15, -0.1) is 0 Å². The van der Waals surface area contributed by atoms with Crippen molar-refractivity contribution in [2.75, 3.05) is 7.05 Å². The number of nitrogens with one attached hydrogen (secondary N) is 1. The van der Waals surface area contributed by atoms with Crippen molar-refractivity contribution in [2.24, 2.45) is 0 Å². The number of benzene rings is 2. The highest BCUT2D eigenvalue weighted by Crippen LogP contribution is 2.25. The SMILES string of the molecule is CN(C(=O)c1cc2ccc(OCc3ccccc3)cc2[nH]1)C1CCCCC1. The molecule has 27 heavy (non-hydrogen) atoms. The van der Waals surface area contributed by atoms with E-state index >= 15 is 0 Å². The maximum Gasteiger partial charge on any atom is 0.270 e. The summed E-state index contributed by atoms with van der Waals surface area (Å²) in [5, 5.41) is 1.03. The predicted molar refractivity (Wildman–Crippen MR) is 108 cm³/mol. The van der Waals surface area contributed by atoms with Gasteiger partial charge in [0, 0.05) is 30.1 Å². The summed E-state index contributed by atoms with van der Waals surface area (Å²) in [4.78, 5) is 18.1. The number of carbonyl (C=O) groups excluding carboxylic acids is 1. The lowest BCUT2D eigenvalue weighted by Gasteiger charge is -2.30. The van der Waals surface area contributed by atoms with Crippen LogP contribution in [-0.2, 0) is 6.61 Å². The van der Waals surface area contributed by atoms with Gasteiger partial charge in [0.25, 0.3) is 5.91 Å². The largest absolute Gasteiger partial charge is 0.489 e. The molecular weight excluding hydrogens is 336 g/mol. The first-order valence-corrected chi connectivity index (χ1v) is 9.77. The molecule has 4 nitrogen and oxygen atoms in total. The molecular formula is C23H26N2O2. The molecule has 3 aromatic rings. The van der Waals surface area contributed by atoms with E-state index in [1.54, 1.807) is 0 Å². The lowest BCUT2D eigenvalue weighted by Crippen LogP contribution is -2.38. The summed E-state index contributed by atoms with van der Waals surface area (Å²) in [7, 11) is 1.93. The fraction of sp³-hybridized carbons (Fsp3) is 0.348. The molecule has 1 aromatic heterocycles. The third-order valence-electron chi connectivity index (χ3n) is 5.52. The summed E-state index contributed by atoms with van der Waals surface area (Å²) in [6.07, 6.45) is 5.95. The van der Waals surface area contributed by atoms with Gasteiger partial charge in [0.15, 0.2) is 0 Å². The maximum absolute atomic E-state index is 12.9. The van der Waals surface area contributed by atoms with Gasteiger partial charge >= 0.3 is 0 Å². The second-order valence-electron chi connectivity index (χ2n) is 7.41. The van der Waals surface area contributed by atoms with Gasteiger partial charge in [-0.05, 0) is 36.6 Å². The van der Waals surface area contributed by atoms with Crippen molar-refractivity contribution in [2.45, 2.75) is 44.8 Å². The average molecular weight is 362 g/mol. The lowest BCUT2D eigenvalue weighted by atomic mass is 9.94. The fourth-order valence-electron chi connectivity index (χ4n) is 3.88. The van der Waals surface area contributed by atoms with Crippen LogP contribution in [0.5, 0.6) is 5.75 Å². The third kappa shape index (κ3) is 4.00. The van der Waals surface area contributed by atoms with Gasteiger partial charge in [0.1, 0.15) is 18.1 Å². The van der Waals surface area contributed by atoms with Crippen LogP contribution in [0.15, 0.2) is 54.6 Å². The zero-order valence-electron chi connectivity index (χ0n) is 15.8. The van der Waals surface area contributed by atoms with Gasteiger partial charge in [-0.25, -0.2) is 0 Å². The fourth-order valence-corrected chi connectivity index (χ4v) is 3.88. The normalized spacial score (nSPS) is 15.0. The zero-order chi connectivity index (χ0) is 18.6. The number of aromatic nitrogens is 1. The summed E-state index contributed by atoms with van der Waals surface area (Å²) in [5.74, 6) is 0.873. The van der Waals surface area contributed by atoms with E-state index in [4.69, 9.17) is 4.74 Å². The quantitative estimate of drug-likeness (QED) is 0.682. The maximum atomic E-state index is 12.9. The molecule has 1 aliphatic rings. The van der Waals surface area contributed by atoms with E-state index in [1.807, 2.05) is 66.5 Å². The Bertz CT molecular complexity index is 911. The molecule has 0 bridgehead atoms. The summed E-state index contributed by atoms with van der Waals surface area (Å²) in [6, 6.07) is 18.3. The van der Waals surface area contributed by atoms with Crippen LogP contribution < -0.4 is 4.74 Å². The molecule has 2 aromatic carbocycles. The van der Waals surface area contributed by atoms with Crippen LogP contribution in [-0.4, -0.2) is 28.9 Å². The molecule has 1 amide bonds. The molecule has 0 unspecified atom stereocenters. The van der Waals surface area contributed by atoms with E-state index in [0.717, 1.165) is 35.1 Å². The number of rotatable bonds is 5. The minimum atomic E-state index is 0.0739. The van der Waals surface area contributed by atoms with E-state index in [2.05, 4.69) is 4.98 Å². The first-order valence-electron chi connectivity index (χ1n) is 9.77. The van der Waals surface area contributed by atoms with E-state index in [1.165, 1.54) is 19.3 Å². The molecule has 0 aliphatic heterocycles. The number of hydrogen-bond acceptors (Lipinski definition) is 2. The zero-order valence-corrected chi connectivity index (χ0v) is 15.8. The summed E-state index contributed by atoms with van der Waals surface area (Å²) < 4.78 is 5.90. The Labute approximate surface area is 160 Å². The first kappa shape index (κ1) is 17.7. The van der Waals surface area contributed by atoms with Crippen molar-refractivity contribution >= 4 is 16.8 Å². The predicted octanol–water partition coefficient (Wildman–Crippen LogP) is 5.15. The number of amides is 1. The van der Waals surface area contributed by atoms with Gasteiger partial charge in [-0.1, -0.05) is 49.6 Å². The second kappa shape index (κ2) is 7.87. The third-order valence-corrected chi connectivity index (χ3v) is 5.52. The van der Waals surface area contributed by atoms with Crippen molar-refractivity contribution in [3.63, 3.8) is 0 Å². The van der Waals surface area contributed by atoms with Crippen molar-refractivity contribution < 1.29 is 9.53 Å². The van der Waals surface area contributed by atoms with E-state index in [0.29, 0.717) is 18.3 Å². The van der Waals surface area contributed by atoms with Crippen LogP contribution in [0.3, 0.4) is 0 Å². The average Bonchev–Trinajstić information content (AvgIpc) is 3.16. The number of aromatic amines is 1. The molecule has 1 fully saturated rings. The monoisotopic (exact) mass is 362 g/mol. The molecule has 0 spiro atoms. The smallest absolute Gasteiger partial charge is 0.270 e. The van der Waals surface area contributed by atoms with E-state index in [9.17, 15) is 4.79 Å². The van der Waals surface area contributed by atoms with Crippen LogP contribution in [0.4, 0.5) is 0 Å². The van der Waals surface area contributed by atoms with Crippen molar-refractivity contribution in [3.8, 4) is 5.75 Å². The Kier molecular flexibility index (Phi) is 5.14. The number of nitrogens with zero attached hydrogens (tertiary/aromatic N) is 1. The number of fused-ring (bicyclic) bond motifs is 1. The highest BCUT2D eigenvalue weighted by Gasteiger charge is 2.24. The van der Waals surface area contributed by atoms with Gasteiger partial charge < -0.3 is 14.6 Å². The highest BCUT2D eigenvalue weighted by molar-refractivity contribution is 5.98. The first-order chi connectivity index (χ1) is 13.2. The van der Waals surface area contributed by atoms with Gasteiger partial charge in [0.2, 0.25) is 0 Å². The number of ether oxygens (including phenoxy) is 1.